The molecule has 0 aliphatic rings. The molecule has 0 aliphatic carbocycles. The van der Waals surface area contributed by atoms with Crippen LogP contribution in [0.15, 0.2) is 58.3 Å². The Morgan fingerprint density at radius 3 is 1.20 bits per heavy atom. The van der Waals surface area contributed by atoms with Crippen LogP contribution in [0.1, 0.15) is 25.0 Å². The van der Waals surface area contributed by atoms with Crippen LogP contribution in [0.5, 0.6) is 0 Å². The van der Waals surface area contributed by atoms with Crippen molar-refractivity contribution >= 4 is 82.6 Å². The molecule has 0 saturated carbocycles. The molecule has 2 aromatic carbocycles. The fourth-order valence-corrected chi connectivity index (χ4v) is 4.99. The van der Waals surface area contributed by atoms with Gasteiger partial charge < -0.3 is 0 Å². The molecule has 25 heavy (non-hydrogen) atoms. The number of hydrogen-bond acceptors (Lipinski definition) is 2. The van der Waals surface area contributed by atoms with Crippen LogP contribution in [0, 0.1) is 13.8 Å². The first-order valence-electron chi connectivity index (χ1n) is 7.19. The van der Waals surface area contributed by atoms with E-state index in [1.165, 1.54) is 0 Å². The Kier molecular flexibility index (Phi) is 11.2. The van der Waals surface area contributed by atoms with E-state index < -0.39 is 25.7 Å². The van der Waals surface area contributed by atoms with Gasteiger partial charge in [-0.15, -0.1) is 0 Å². The molecule has 141 valence electrons. The van der Waals surface area contributed by atoms with Gasteiger partial charge in [0.05, 0.1) is 21.6 Å². The molecule has 2 atom stereocenters. The van der Waals surface area contributed by atoms with Gasteiger partial charge in [0.25, 0.3) is 0 Å². The van der Waals surface area contributed by atoms with Crippen molar-refractivity contribution in [3.05, 3.63) is 59.7 Å². The zero-order valence-corrected chi connectivity index (χ0v) is 23.4. The van der Waals surface area contributed by atoms with Crippen LogP contribution >= 0.6 is 61.0 Å². The summed E-state index contributed by atoms with van der Waals surface area (Å²) in [7, 11) is -2.68. The Morgan fingerprint density at radius 1 is 0.720 bits per heavy atom. The summed E-state index contributed by atoms with van der Waals surface area (Å²) in [6.07, 6.45) is 0. The van der Waals surface area contributed by atoms with Crippen LogP contribution in [-0.2, 0) is 25.8 Å². The van der Waals surface area contributed by atoms with Gasteiger partial charge in [0.2, 0.25) is 0 Å². The second-order valence-electron chi connectivity index (χ2n) is 5.71. The Labute approximate surface area is 193 Å². The van der Waals surface area contributed by atoms with E-state index in [2.05, 4.69) is 61.0 Å². The molecule has 0 heterocycles. The molecule has 0 aliphatic heterocycles. The predicted molar refractivity (Wildman–Crippen MR) is 131 cm³/mol. The van der Waals surface area contributed by atoms with Crippen LogP contribution < -0.4 is 0 Å². The SMILES string of the molecule is Cc1ccc([S@](=O)C(C)(C)[S@@](=O)c2ccc(C)cc2)cc1.[I][Fe]([I])[I]. The third-order valence-corrected chi connectivity index (χ3v) is 7.46. The van der Waals surface area contributed by atoms with Gasteiger partial charge in [0.1, 0.15) is 4.08 Å². The molecular weight excluding hydrogens is 737 g/mol. The maximum atomic E-state index is 12.8. The number of rotatable bonds is 4. The molecule has 2 nitrogen and oxygen atoms in total. The van der Waals surface area contributed by atoms with E-state index in [0.717, 1.165) is 11.1 Å². The van der Waals surface area contributed by atoms with Crippen molar-refractivity contribution in [3.63, 3.8) is 0 Å². The number of benzene rings is 2. The third-order valence-electron chi connectivity index (χ3n) is 3.36. The fourth-order valence-electron chi connectivity index (χ4n) is 1.96. The van der Waals surface area contributed by atoms with Gasteiger partial charge in [0.15, 0.2) is 0 Å². The minimum atomic E-state index is -1.34. The standard InChI is InChI=1S/C17H20O2S2.Fe.3HI/c1-13-5-9-15(10-6-13)20(18)17(3,4)21(19)16-11-7-14(2)8-12-16;;;;/h5-12H,1-4H3;;3*1H/q;+3;;;/p-3/t20-,21-;;;;/m0..../s1. The van der Waals surface area contributed by atoms with Crippen LogP contribution in [0.25, 0.3) is 0 Å². The summed E-state index contributed by atoms with van der Waals surface area (Å²) >= 11 is 7.20. The van der Waals surface area contributed by atoms with Gasteiger partial charge in [-0.25, -0.2) is 0 Å². The molecule has 2 aromatic rings. The van der Waals surface area contributed by atoms with Crippen molar-refractivity contribution in [2.45, 2.75) is 41.6 Å². The van der Waals surface area contributed by atoms with E-state index in [1.807, 2.05) is 62.4 Å². The van der Waals surface area contributed by atoms with E-state index in [9.17, 15) is 8.42 Å². The van der Waals surface area contributed by atoms with Crippen molar-refractivity contribution in [2.24, 2.45) is 0 Å². The second kappa shape index (κ2) is 11.5. The first-order chi connectivity index (χ1) is 11.6. The average Bonchev–Trinajstić information content (AvgIpc) is 2.54. The summed E-state index contributed by atoms with van der Waals surface area (Å²) in [5.41, 5.74) is 2.24. The van der Waals surface area contributed by atoms with Crippen LogP contribution in [0.3, 0.4) is 0 Å². The van der Waals surface area contributed by atoms with E-state index in [0.29, 0.717) is 9.79 Å². The topological polar surface area (TPSA) is 34.1 Å². The molecule has 0 N–H and O–H groups in total. The summed E-state index contributed by atoms with van der Waals surface area (Å²) in [4.78, 5) is 1.43. The molecule has 2 rings (SSSR count). The average molecular weight is 757 g/mol. The van der Waals surface area contributed by atoms with Gasteiger partial charge in [-0.3, -0.25) is 8.42 Å². The molecule has 0 amide bonds. The van der Waals surface area contributed by atoms with Crippen molar-refractivity contribution in [3.8, 4) is 0 Å². The van der Waals surface area contributed by atoms with Gasteiger partial charge in [-0.05, 0) is 52.0 Å². The monoisotopic (exact) mass is 757 g/mol. The van der Waals surface area contributed by atoms with Gasteiger partial charge in [-0.1, -0.05) is 35.4 Å². The van der Waals surface area contributed by atoms with E-state index in [1.54, 1.807) is 13.8 Å². The van der Waals surface area contributed by atoms with Gasteiger partial charge in [-0.2, -0.15) is 0 Å². The molecule has 0 aromatic heterocycles. The molecular formula is C17H20FeI3O2S2. The molecule has 0 fully saturated rings. The molecule has 8 heteroatoms. The zero-order valence-electron chi connectivity index (χ0n) is 14.2. The van der Waals surface area contributed by atoms with Crippen LogP contribution in [0.4, 0.5) is 0 Å². The Balaban J connectivity index is 0.000000705. The van der Waals surface area contributed by atoms with Gasteiger partial charge >= 0.3 is 65.2 Å². The van der Waals surface area contributed by atoms with Crippen LogP contribution in [-0.4, -0.2) is 12.5 Å². The molecule has 0 unspecified atom stereocenters. The van der Waals surface area contributed by atoms with Crippen molar-refractivity contribution in [1.29, 1.82) is 0 Å². The number of hydrogen-bond donors (Lipinski definition) is 0. The quantitative estimate of drug-likeness (QED) is 0.260. The molecule has 0 radical (unpaired) electrons. The normalized spacial score (nSPS) is 14.1. The molecule has 0 bridgehead atoms. The third kappa shape index (κ3) is 8.15. The maximum absolute atomic E-state index is 12.8. The molecule has 0 spiro atoms. The fraction of sp³-hybridized carbons (Fsp3) is 0.294. The molecule has 0 saturated heterocycles. The summed E-state index contributed by atoms with van der Waals surface area (Å²) in [6, 6.07) is 15.1. The Morgan fingerprint density at radius 2 is 0.960 bits per heavy atom. The predicted octanol–water partition coefficient (Wildman–Crippen LogP) is 6.61. The van der Waals surface area contributed by atoms with Gasteiger partial charge in [0, 0.05) is 9.79 Å². The summed E-state index contributed by atoms with van der Waals surface area (Å²) < 4.78 is 24.9. The van der Waals surface area contributed by atoms with E-state index in [-0.39, 0.29) is 4.15 Å². The summed E-state index contributed by atoms with van der Waals surface area (Å²) in [6.45, 7) is 7.56. The number of halogens is 3. The zero-order chi connectivity index (χ0) is 19.2. The van der Waals surface area contributed by atoms with E-state index in [4.69, 9.17) is 0 Å². The minimum absolute atomic E-state index is 0.160. The second-order valence-corrected chi connectivity index (χ2v) is 38.0. The van der Waals surface area contributed by atoms with Crippen molar-refractivity contribution in [2.75, 3.05) is 0 Å². The van der Waals surface area contributed by atoms with Crippen molar-refractivity contribution in [1.82, 2.24) is 0 Å². The summed E-state index contributed by atoms with van der Waals surface area (Å²) in [5, 5.41) is 0. The van der Waals surface area contributed by atoms with Crippen molar-refractivity contribution < 1.29 is 12.6 Å². The number of aryl methyl sites for hydroxylation is 2. The van der Waals surface area contributed by atoms with E-state index >= 15 is 0 Å². The first-order valence-corrected chi connectivity index (χ1v) is 20.2. The Bertz CT molecular complexity index is 670. The first kappa shape index (κ1) is 24.5. The van der Waals surface area contributed by atoms with Crippen LogP contribution in [0.2, 0.25) is 0 Å². The Hall–Kier alpha value is 1.45. The summed E-state index contributed by atoms with van der Waals surface area (Å²) in [5.74, 6) is 0.